The maximum Gasteiger partial charge on any atom is 0.333 e. The molecule has 0 aromatic rings. The van der Waals surface area contributed by atoms with Crippen molar-refractivity contribution >= 4 is 5.97 Å². The summed E-state index contributed by atoms with van der Waals surface area (Å²) in [6.45, 7) is 5.87. The molecule has 2 rings (SSSR count). The van der Waals surface area contributed by atoms with Gasteiger partial charge in [0.05, 0.1) is 25.2 Å². The van der Waals surface area contributed by atoms with Gasteiger partial charge in [0.2, 0.25) is 0 Å². The molecule has 0 amide bonds. The number of methoxy groups -OCH3 is 1. The van der Waals surface area contributed by atoms with E-state index in [1.807, 2.05) is 20.8 Å². The van der Waals surface area contributed by atoms with Gasteiger partial charge in [-0.2, -0.15) is 0 Å². The average molecular weight is 298 g/mol. The van der Waals surface area contributed by atoms with Crippen LogP contribution in [0.5, 0.6) is 0 Å². The molecule has 5 unspecified atom stereocenters. The highest BCUT2D eigenvalue weighted by Crippen LogP contribution is 2.59. The molecule has 2 aliphatic rings. The zero-order valence-corrected chi connectivity index (χ0v) is 13.3. The Kier molecular flexibility index (Phi) is 4.36. The monoisotopic (exact) mass is 298 g/mol. The molecule has 21 heavy (non-hydrogen) atoms. The quantitative estimate of drug-likeness (QED) is 0.611. The first-order valence-corrected chi connectivity index (χ1v) is 7.78. The van der Waals surface area contributed by atoms with Crippen molar-refractivity contribution in [1.29, 1.82) is 0 Å². The number of hydrogen-bond acceptors (Lipinski definition) is 5. The summed E-state index contributed by atoms with van der Waals surface area (Å²) in [7, 11) is 1.29. The third-order valence-electron chi connectivity index (χ3n) is 5.37. The van der Waals surface area contributed by atoms with Gasteiger partial charge in [-0.25, -0.2) is 4.79 Å². The minimum absolute atomic E-state index is 0.118. The lowest BCUT2D eigenvalue weighted by atomic mass is 9.75. The van der Waals surface area contributed by atoms with Crippen molar-refractivity contribution in [1.82, 2.24) is 0 Å². The predicted molar refractivity (Wildman–Crippen MR) is 77.3 cm³/mol. The normalized spacial score (nSPS) is 43.7. The highest BCUT2D eigenvalue weighted by atomic mass is 16.5. The molecule has 2 N–H and O–H groups in total. The summed E-state index contributed by atoms with van der Waals surface area (Å²) in [5.41, 5.74) is -1.90. The van der Waals surface area contributed by atoms with E-state index < -0.39 is 29.2 Å². The molecule has 120 valence electrons. The Labute approximate surface area is 125 Å². The Morgan fingerprint density at radius 1 is 1.43 bits per heavy atom. The van der Waals surface area contributed by atoms with Crippen molar-refractivity contribution in [3.8, 4) is 0 Å². The van der Waals surface area contributed by atoms with E-state index in [9.17, 15) is 15.0 Å². The van der Waals surface area contributed by atoms with Gasteiger partial charge in [-0.05, 0) is 25.2 Å². The van der Waals surface area contributed by atoms with Crippen LogP contribution < -0.4 is 0 Å². The van der Waals surface area contributed by atoms with Gasteiger partial charge in [0, 0.05) is 0 Å². The summed E-state index contributed by atoms with van der Waals surface area (Å²) in [4.78, 5) is 11.5. The molecule has 1 heterocycles. The fraction of sp³-hybridized carbons (Fsp3) is 0.812. The summed E-state index contributed by atoms with van der Waals surface area (Å²) in [5, 5.41) is 21.7. The van der Waals surface area contributed by atoms with Crippen LogP contribution in [-0.4, -0.2) is 40.6 Å². The molecule has 1 saturated carbocycles. The first-order chi connectivity index (χ1) is 9.88. The molecule has 1 aliphatic heterocycles. The lowest BCUT2D eigenvalue weighted by Gasteiger charge is -2.32. The molecule has 1 saturated heterocycles. The number of hydrogen-bond donors (Lipinski definition) is 2. The Bertz CT molecular complexity index is 446. The minimum atomic E-state index is -1.31. The Balaban J connectivity index is 2.46. The van der Waals surface area contributed by atoms with Crippen LogP contribution in [0.15, 0.2) is 11.8 Å². The summed E-state index contributed by atoms with van der Waals surface area (Å²) in [6, 6.07) is 0. The van der Waals surface area contributed by atoms with Gasteiger partial charge < -0.3 is 19.7 Å². The van der Waals surface area contributed by atoms with E-state index in [0.717, 1.165) is 6.42 Å². The zero-order chi connectivity index (χ0) is 15.8. The van der Waals surface area contributed by atoms with Crippen LogP contribution in [0.2, 0.25) is 0 Å². The molecule has 0 spiro atoms. The molecule has 5 heteroatoms. The molecule has 0 aromatic carbocycles. The third-order valence-corrected chi connectivity index (χ3v) is 5.37. The van der Waals surface area contributed by atoms with Crippen molar-refractivity contribution in [3.05, 3.63) is 11.8 Å². The first kappa shape index (κ1) is 16.3. The largest absolute Gasteiger partial charge is 0.488 e. The lowest BCUT2D eigenvalue weighted by molar-refractivity contribution is -0.135. The molecule has 5 atom stereocenters. The molecular weight excluding hydrogens is 272 g/mol. The number of aliphatic hydroxyl groups is 2. The van der Waals surface area contributed by atoms with Crippen LogP contribution in [0, 0.1) is 11.8 Å². The van der Waals surface area contributed by atoms with Gasteiger partial charge in [-0.15, -0.1) is 0 Å². The number of aliphatic hydroxyl groups excluding tert-OH is 1. The molecule has 5 nitrogen and oxygen atoms in total. The third kappa shape index (κ3) is 2.27. The SMILES string of the molecule is CCC1CC2(CC)OC(=CC(=O)OC)C(O)(CC)C2C1O. The molecule has 0 radical (unpaired) electrons. The van der Waals surface area contributed by atoms with Gasteiger partial charge in [0.15, 0.2) is 0 Å². The maximum absolute atomic E-state index is 11.5. The fourth-order valence-corrected chi connectivity index (χ4v) is 4.10. The smallest absolute Gasteiger partial charge is 0.333 e. The fourth-order valence-electron chi connectivity index (χ4n) is 4.10. The predicted octanol–water partition coefficient (Wildman–Crippen LogP) is 1.77. The second-order valence-electron chi connectivity index (χ2n) is 6.17. The second-order valence-corrected chi connectivity index (χ2v) is 6.17. The minimum Gasteiger partial charge on any atom is -0.488 e. The number of ether oxygens (including phenoxy) is 2. The Hall–Kier alpha value is -1.07. The van der Waals surface area contributed by atoms with Crippen molar-refractivity contribution in [2.24, 2.45) is 11.8 Å². The van der Waals surface area contributed by atoms with Gasteiger partial charge >= 0.3 is 5.97 Å². The first-order valence-electron chi connectivity index (χ1n) is 7.78. The van der Waals surface area contributed by atoms with Crippen molar-refractivity contribution in [2.45, 2.75) is 63.8 Å². The van der Waals surface area contributed by atoms with E-state index in [1.165, 1.54) is 13.2 Å². The topological polar surface area (TPSA) is 76.0 Å². The molecule has 0 aromatic heterocycles. The van der Waals surface area contributed by atoms with Gasteiger partial charge in [0.25, 0.3) is 0 Å². The van der Waals surface area contributed by atoms with Gasteiger partial charge in [0.1, 0.15) is 17.0 Å². The number of esters is 1. The van der Waals surface area contributed by atoms with Crippen molar-refractivity contribution < 1.29 is 24.5 Å². The van der Waals surface area contributed by atoms with Crippen LogP contribution in [0.1, 0.15) is 46.5 Å². The highest BCUT2D eigenvalue weighted by molar-refractivity contribution is 5.82. The van der Waals surface area contributed by atoms with E-state index in [2.05, 4.69) is 4.74 Å². The van der Waals surface area contributed by atoms with Crippen LogP contribution >= 0.6 is 0 Å². The van der Waals surface area contributed by atoms with E-state index >= 15 is 0 Å². The maximum atomic E-state index is 11.5. The lowest BCUT2D eigenvalue weighted by Crippen LogP contribution is -2.46. The molecular formula is C16H26O5. The van der Waals surface area contributed by atoms with E-state index in [4.69, 9.17) is 4.74 Å². The summed E-state index contributed by atoms with van der Waals surface area (Å²) < 4.78 is 10.7. The van der Waals surface area contributed by atoms with Crippen LogP contribution in [-0.2, 0) is 14.3 Å². The van der Waals surface area contributed by atoms with Crippen LogP contribution in [0.25, 0.3) is 0 Å². The van der Waals surface area contributed by atoms with E-state index in [0.29, 0.717) is 19.3 Å². The highest BCUT2D eigenvalue weighted by Gasteiger charge is 2.67. The average Bonchev–Trinajstić information content (AvgIpc) is 2.91. The Morgan fingerprint density at radius 2 is 2.10 bits per heavy atom. The second kappa shape index (κ2) is 5.61. The summed E-state index contributed by atoms with van der Waals surface area (Å²) in [6.07, 6.45) is 3.21. The molecule has 1 aliphatic carbocycles. The number of fused-ring (bicyclic) bond motifs is 1. The zero-order valence-electron chi connectivity index (χ0n) is 13.3. The van der Waals surface area contributed by atoms with Crippen molar-refractivity contribution in [2.75, 3.05) is 7.11 Å². The molecule has 2 fully saturated rings. The van der Waals surface area contributed by atoms with Crippen LogP contribution in [0.3, 0.4) is 0 Å². The van der Waals surface area contributed by atoms with E-state index in [-0.39, 0.29) is 11.7 Å². The summed E-state index contributed by atoms with van der Waals surface area (Å²) >= 11 is 0. The van der Waals surface area contributed by atoms with E-state index in [1.54, 1.807) is 0 Å². The van der Waals surface area contributed by atoms with Gasteiger partial charge in [-0.1, -0.05) is 27.2 Å². The number of carbonyl (C=O) groups excluding carboxylic acids is 1. The molecule has 0 bridgehead atoms. The standard InChI is InChI=1S/C16H26O5/c1-5-10-9-15(6-2)14(13(10)18)16(19,7-3)11(21-15)8-12(17)20-4/h8,10,13-14,18-19H,5-7,9H2,1-4H3. The van der Waals surface area contributed by atoms with Gasteiger partial charge in [-0.3, -0.25) is 0 Å². The number of carbonyl (C=O) groups is 1. The van der Waals surface area contributed by atoms with Crippen molar-refractivity contribution in [3.63, 3.8) is 0 Å². The van der Waals surface area contributed by atoms with Crippen LogP contribution in [0.4, 0.5) is 0 Å². The number of rotatable bonds is 4. The Morgan fingerprint density at radius 3 is 2.57 bits per heavy atom. The summed E-state index contributed by atoms with van der Waals surface area (Å²) in [5.74, 6) is -0.601.